The van der Waals surface area contributed by atoms with Gasteiger partial charge in [0.1, 0.15) is 5.82 Å². The van der Waals surface area contributed by atoms with Crippen LogP contribution in [-0.4, -0.2) is 15.8 Å². The molecule has 8 heteroatoms. The molecule has 0 atom stereocenters. The maximum absolute atomic E-state index is 13.5. The number of nitro groups is 1. The van der Waals surface area contributed by atoms with Crippen molar-refractivity contribution in [2.45, 2.75) is 6.92 Å². The fourth-order valence-corrected chi connectivity index (χ4v) is 2.04. The van der Waals surface area contributed by atoms with Crippen LogP contribution in [0.1, 0.15) is 15.2 Å². The number of amides is 1. The third kappa shape index (κ3) is 2.91. The van der Waals surface area contributed by atoms with Crippen molar-refractivity contribution >= 4 is 28.1 Å². The molecule has 1 heterocycles. The predicted octanol–water partition coefficient (Wildman–Crippen LogP) is 2.75. The Bertz CT molecular complexity index is 656. The average molecular weight is 281 g/mol. The summed E-state index contributed by atoms with van der Waals surface area (Å²) in [6, 6.07) is 2.78. The number of halogens is 1. The van der Waals surface area contributed by atoms with Gasteiger partial charge in [0.25, 0.3) is 11.6 Å². The highest BCUT2D eigenvalue weighted by Gasteiger charge is 2.17. The Hall–Kier alpha value is -2.35. The van der Waals surface area contributed by atoms with E-state index in [1.165, 1.54) is 11.3 Å². The molecule has 0 radical (unpaired) electrons. The fraction of sp³-hybridized carbons (Fsp3) is 0.0909. The van der Waals surface area contributed by atoms with E-state index in [1.54, 1.807) is 13.1 Å². The molecule has 0 spiro atoms. The van der Waals surface area contributed by atoms with Gasteiger partial charge < -0.3 is 0 Å². The molecule has 6 nitrogen and oxygen atoms in total. The highest BCUT2D eigenvalue weighted by Crippen LogP contribution is 2.20. The third-order valence-corrected chi connectivity index (χ3v) is 3.08. The highest BCUT2D eigenvalue weighted by atomic mass is 32.1. The van der Waals surface area contributed by atoms with Gasteiger partial charge in [-0.1, -0.05) is 0 Å². The average Bonchev–Trinajstić information content (AvgIpc) is 2.74. The minimum Gasteiger partial charge on any atom is -0.298 e. The van der Waals surface area contributed by atoms with Crippen molar-refractivity contribution in [1.82, 2.24) is 4.98 Å². The van der Waals surface area contributed by atoms with Crippen LogP contribution in [0.4, 0.5) is 15.2 Å². The lowest BCUT2D eigenvalue weighted by molar-refractivity contribution is -0.384. The van der Waals surface area contributed by atoms with Gasteiger partial charge in [-0.2, -0.15) is 0 Å². The van der Waals surface area contributed by atoms with Gasteiger partial charge in [0.05, 0.1) is 10.5 Å². The number of aromatic nitrogens is 1. The molecule has 1 aromatic carbocycles. The Morgan fingerprint density at radius 2 is 2.26 bits per heavy atom. The first-order chi connectivity index (χ1) is 8.97. The number of aryl methyl sites for hydroxylation is 1. The van der Waals surface area contributed by atoms with E-state index in [-0.39, 0.29) is 11.3 Å². The van der Waals surface area contributed by atoms with Gasteiger partial charge in [-0.05, 0) is 13.0 Å². The van der Waals surface area contributed by atoms with Gasteiger partial charge in [-0.3, -0.25) is 20.2 Å². The van der Waals surface area contributed by atoms with Crippen LogP contribution in [0.5, 0.6) is 0 Å². The van der Waals surface area contributed by atoms with E-state index in [0.29, 0.717) is 5.13 Å². The van der Waals surface area contributed by atoms with Crippen molar-refractivity contribution in [2.75, 3.05) is 5.32 Å². The minimum atomic E-state index is -0.823. The Labute approximate surface area is 111 Å². The number of anilines is 1. The van der Waals surface area contributed by atoms with Crippen molar-refractivity contribution in [3.63, 3.8) is 0 Å². The first-order valence-corrected chi connectivity index (χ1v) is 5.97. The summed E-state index contributed by atoms with van der Waals surface area (Å²) in [7, 11) is 0. The molecule has 1 N–H and O–H groups in total. The van der Waals surface area contributed by atoms with Crippen LogP contribution in [0, 0.1) is 22.9 Å². The van der Waals surface area contributed by atoms with E-state index in [9.17, 15) is 19.3 Å². The number of thiazole rings is 1. The zero-order valence-electron chi connectivity index (χ0n) is 9.71. The van der Waals surface area contributed by atoms with E-state index in [0.717, 1.165) is 23.1 Å². The lowest BCUT2D eigenvalue weighted by atomic mass is 10.2. The molecule has 0 bridgehead atoms. The third-order valence-electron chi connectivity index (χ3n) is 2.25. The molecular weight excluding hydrogens is 273 g/mol. The standard InChI is InChI=1S/C11H8FN3O3S/c1-6-5-13-11(19-6)14-10(16)8-4-7(15(17)18)2-3-9(8)12/h2-5H,1H3,(H,13,14,16). The van der Waals surface area contributed by atoms with Crippen LogP contribution in [0.25, 0.3) is 0 Å². The highest BCUT2D eigenvalue weighted by molar-refractivity contribution is 7.15. The fourth-order valence-electron chi connectivity index (χ4n) is 1.38. The smallest absolute Gasteiger partial charge is 0.270 e. The van der Waals surface area contributed by atoms with Gasteiger partial charge in [-0.15, -0.1) is 11.3 Å². The number of carbonyl (C=O) groups excluding carboxylic acids is 1. The van der Waals surface area contributed by atoms with Crippen LogP contribution in [0.2, 0.25) is 0 Å². The number of nitro benzene ring substituents is 1. The van der Waals surface area contributed by atoms with Gasteiger partial charge in [0.15, 0.2) is 5.13 Å². The van der Waals surface area contributed by atoms with Crippen LogP contribution < -0.4 is 5.32 Å². The predicted molar refractivity (Wildman–Crippen MR) is 67.9 cm³/mol. The molecule has 98 valence electrons. The number of carbonyl (C=O) groups is 1. The number of nitrogens with zero attached hydrogens (tertiary/aromatic N) is 2. The lowest BCUT2D eigenvalue weighted by Gasteiger charge is -2.03. The SMILES string of the molecule is Cc1cnc(NC(=O)c2cc([N+](=O)[O-])ccc2F)s1. The number of rotatable bonds is 3. The molecule has 1 amide bonds. The van der Waals surface area contributed by atoms with Gasteiger partial charge >= 0.3 is 0 Å². The van der Waals surface area contributed by atoms with Crippen molar-refractivity contribution in [3.8, 4) is 0 Å². The zero-order valence-corrected chi connectivity index (χ0v) is 10.5. The summed E-state index contributed by atoms with van der Waals surface area (Å²) in [5, 5.41) is 13.3. The first-order valence-electron chi connectivity index (χ1n) is 5.15. The molecule has 2 rings (SSSR count). The molecule has 0 aliphatic rings. The summed E-state index contributed by atoms with van der Waals surface area (Å²) in [6.45, 7) is 1.81. The topological polar surface area (TPSA) is 85.1 Å². The monoisotopic (exact) mass is 281 g/mol. The van der Waals surface area contributed by atoms with Crippen LogP contribution >= 0.6 is 11.3 Å². The molecule has 1 aromatic heterocycles. The van der Waals surface area contributed by atoms with E-state index in [2.05, 4.69) is 10.3 Å². The van der Waals surface area contributed by atoms with E-state index in [4.69, 9.17) is 0 Å². The van der Waals surface area contributed by atoms with Crippen molar-refractivity contribution in [3.05, 3.63) is 50.8 Å². The number of hydrogen-bond donors (Lipinski definition) is 1. The molecule has 0 fully saturated rings. The summed E-state index contributed by atoms with van der Waals surface area (Å²) in [5.41, 5.74) is -0.732. The van der Waals surface area contributed by atoms with Gasteiger partial charge in [-0.25, -0.2) is 9.37 Å². The van der Waals surface area contributed by atoms with E-state index in [1.807, 2.05) is 0 Å². The number of nitrogens with one attached hydrogen (secondary N) is 1. The Kier molecular flexibility index (Phi) is 3.52. The molecule has 0 aliphatic heterocycles. The minimum absolute atomic E-state index is 0.313. The largest absolute Gasteiger partial charge is 0.298 e. The van der Waals surface area contributed by atoms with E-state index < -0.39 is 16.6 Å². The maximum Gasteiger partial charge on any atom is 0.270 e. The molecule has 19 heavy (non-hydrogen) atoms. The summed E-state index contributed by atoms with van der Waals surface area (Å²) in [5.74, 6) is -1.59. The number of non-ortho nitro benzene ring substituents is 1. The number of benzene rings is 1. The summed E-state index contributed by atoms with van der Waals surface area (Å²) in [4.78, 5) is 26.5. The first kappa shape index (κ1) is 13.1. The summed E-state index contributed by atoms with van der Waals surface area (Å²) < 4.78 is 13.5. The second-order valence-corrected chi connectivity index (χ2v) is 4.89. The molecule has 0 unspecified atom stereocenters. The van der Waals surface area contributed by atoms with Crippen LogP contribution in [0.3, 0.4) is 0 Å². The second-order valence-electron chi connectivity index (χ2n) is 3.65. The van der Waals surface area contributed by atoms with Crippen LogP contribution in [-0.2, 0) is 0 Å². The molecule has 0 saturated heterocycles. The second kappa shape index (κ2) is 5.11. The van der Waals surface area contributed by atoms with E-state index >= 15 is 0 Å². The molecule has 2 aromatic rings. The van der Waals surface area contributed by atoms with Gasteiger partial charge in [0, 0.05) is 23.2 Å². The quantitative estimate of drug-likeness (QED) is 0.692. The summed E-state index contributed by atoms with van der Waals surface area (Å²) in [6.07, 6.45) is 1.56. The lowest BCUT2D eigenvalue weighted by Crippen LogP contribution is -2.13. The zero-order chi connectivity index (χ0) is 14.0. The molecule has 0 saturated carbocycles. The van der Waals surface area contributed by atoms with Crippen LogP contribution in [0.15, 0.2) is 24.4 Å². The Morgan fingerprint density at radius 1 is 1.53 bits per heavy atom. The molecular formula is C11H8FN3O3S. The van der Waals surface area contributed by atoms with Crippen molar-refractivity contribution in [2.24, 2.45) is 0 Å². The molecule has 0 aliphatic carbocycles. The summed E-state index contributed by atoms with van der Waals surface area (Å²) >= 11 is 1.23. The van der Waals surface area contributed by atoms with Crippen molar-refractivity contribution in [1.29, 1.82) is 0 Å². The normalized spacial score (nSPS) is 10.2. The van der Waals surface area contributed by atoms with Crippen molar-refractivity contribution < 1.29 is 14.1 Å². The Balaban J connectivity index is 2.27. The Morgan fingerprint density at radius 3 is 2.84 bits per heavy atom. The maximum atomic E-state index is 13.5. The van der Waals surface area contributed by atoms with Gasteiger partial charge in [0.2, 0.25) is 0 Å². The number of hydrogen-bond acceptors (Lipinski definition) is 5.